The summed E-state index contributed by atoms with van der Waals surface area (Å²) >= 11 is 1.37. The molecule has 0 bridgehead atoms. The predicted molar refractivity (Wildman–Crippen MR) is 120 cm³/mol. The number of amides is 1. The van der Waals surface area contributed by atoms with Crippen LogP contribution in [0.3, 0.4) is 0 Å². The fraction of sp³-hybridized carbons (Fsp3) is 0.174. The van der Waals surface area contributed by atoms with Crippen LogP contribution in [0.4, 0.5) is 0 Å². The lowest BCUT2D eigenvalue weighted by atomic mass is 10.0. The standard InChI is InChI=1S/C23H21N5O2S/c1-14-21(31-15(2)25-14)23(30)27-19(16-8-4-3-5-9-16)12-17-13-20(29)28-22(26-17)18-10-6-7-11-24-18/h3-11,13,19H,12H2,1-2H3,(H,27,30)(H,26,28,29). The molecule has 0 aliphatic carbocycles. The van der Waals surface area contributed by atoms with E-state index >= 15 is 0 Å². The van der Waals surface area contributed by atoms with E-state index in [1.54, 1.807) is 18.3 Å². The average molecular weight is 432 g/mol. The smallest absolute Gasteiger partial charge is 0.263 e. The van der Waals surface area contributed by atoms with E-state index < -0.39 is 0 Å². The molecule has 0 aliphatic heterocycles. The predicted octanol–water partition coefficient (Wildman–Crippen LogP) is 3.62. The van der Waals surface area contributed by atoms with Crippen molar-refractivity contribution in [3.8, 4) is 11.5 Å². The first-order chi connectivity index (χ1) is 15.0. The Labute approximate surface area is 183 Å². The summed E-state index contributed by atoms with van der Waals surface area (Å²) < 4.78 is 0. The van der Waals surface area contributed by atoms with Crippen molar-refractivity contribution in [1.29, 1.82) is 0 Å². The van der Waals surface area contributed by atoms with Crippen LogP contribution in [0, 0.1) is 13.8 Å². The maximum Gasteiger partial charge on any atom is 0.263 e. The Morgan fingerprint density at radius 1 is 1.10 bits per heavy atom. The number of aryl methyl sites for hydroxylation is 2. The highest BCUT2D eigenvalue weighted by Crippen LogP contribution is 2.22. The van der Waals surface area contributed by atoms with Gasteiger partial charge in [0.1, 0.15) is 10.6 Å². The monoisotopic (exact) mass is 431 g/mol. The zero-order chi connectivity index (χ0) is 21.8. The Balaban J connectivity index is 1.66. The van der Waals surface area contributed by atoms with Crippen molar-refractivity contribution in [2.75, 3.05) is 0 Å². The Morgan fingerprint density at radius 3 is 2.55 bits per heavy atom. The van der Waals surface area contributed by atoms with E-state index in [0.29, 0.717) is 34.2 Å². The fourth-order valence-corrected chi connectivity index (χ4v) is 4.17. The topological polar surface area (TPSA) is 101 Å². The first kappa shape index (κ1) is 20.6. The van der Waals surface area contributed by atoms with Gasteiger partial charge in [-0.2, -0.15) is 0 Å². The zero-order valence-electron chi connectivity index (χ0n) is 17.1. The summed E-state index contributed by atoms with van der Waals surface area (Å²) in [4.78, 5) is 41.8. The van der Waals surface area contributed by atoms with Gasteiger partial charge in [0.05, 0.1) is 22.4 Å². The van der Waals surface area contributed by atoms with Gasteiger partial charge in [-0.15, -0.1) is 11.3 Å². The third kappa shape index (κ3) is 4.92. The maximum absolute atomic E-state index is 13.0. The molecule has 0 saturated carbocycles. The minimum Gasteiger partial charge on any atom is -0.344 e. The van der Waals surface area contributed by atoms with Crippen LogP contribution in [0.5, 0.6) is 0 Å². The average Bonchev–Trinajstić information content (AvgIpc) is 3.12. The maximum atomic E-state index is 13.0. The van der Waals surface area contributed by atoms with E-state index in [1.807, 2.05) is 50.2 Å². The van der Waals surface area contributed by atoms with Crippen molar-refractivity contribution >= 4 is 17.2 Å². The molecule has 8 heteroatoms. The normalized spacial score (nSPS) is 11.8. The van der Waals surface area contributed by atoms with E-state index in [2.05, 4.69) is 25.3 Å². The van der Waals surface area contributed by atoms with Crippen LogP contribution in [-0.2, 0) is 6.42 Å². The number of carbonyl (C=O) groups is 1. The van der Waals surface area contributed by atoms with E-state index in [0.717, 1.165) is 10.6 Å². The molecule has 1 amide bonds. The summed E-state index contributed by atoms with van der Waals surface area (Å²) in [5, 5.41) is 3.94. The number of benzene rings is 1. The molecule has 1 unspecified atom stereocenters. The van der Waals surface area contributed by atoms with E-state index in [4.69, 9.17) is 0 Å². The Bertz CT molecular complexity index is 1250. The number of aromatic nitrogens is 4. The molecular formula is C23H21N5O2S. The van der Waals surface area contributed by atoms with Gasteiger partial charge in [0.2, 0.25) is 0 Å². The quantitative estimate of drug-likeness (QED) is 0.486. The molecule has 0 aliphatic rings. The number of pyridine rings is 1. The molecule has 3 aromatic heterocycles. The van der Waals surface area contributed by atoms with Gasteiger partial charge in [-0.25, -0.2) is 9.97 Å². The number of hydrogen-bond acceptors (Lipinski definition) is 6. The van der Waals surface area contributed by atoms with Crippen LogP contribution in [0.25, 0.3) is 11.5 Å². The van der Waals surface area contributed by atoms with Crippen LogP contribution in [-0.4, -0.2) is 25.8 Å². The summed E-state index contributed by atoms with van der Waals surface area (Å²) in [6.45, 7) is 3.70. The molecule has 0 spiro atoms. The van der Waals surface area contributed by atoms with Gasteiger partial charge in [0.25, 0.3) is 11.5 Å². The molecule has 0 fully saturated rings. The van der Waals surface area contributed by atoms with E-state index in [9.17, 15) is 9.59 Å². The van der Waals surface area contributed by atoms with Crippen LogP contribution in [0.15, 0.2) is 65.6 Å². The van der Waals surface area contributed by atoms with Crippen molar-refractivity contribution in [2.45, 2.75) is 26.3 Å². The Kier molecular flexibility index (Phi) is 5.99. The molecule has 3 heterocycles. The lowest BCUT2D eigenvalue weighted by Gasteiger charge is -2.19. The number of rotatable bonds is 6. The van der Waals surface area contributed by atoms with Gasteiger partial charge in [-0.1, -0.05) is 36.4 Å². The van der Waals surface area contributed by atoms with Crippen LogP contribution in [0.1, 0.15) is 37.7 Å². The largest absolute Gasteiger partial charge is 0.344 e. The lowest BCUT2D eigenvalue weighted by molar-refractivity contribution is 0.0939. The highest BCUT2D eigenvalue weighted by Gasteiger charge is 2.21. The molecule has 0 radical (unpaired) electrons. The van der Waals surface area contributed by atoms with Crippen molar-refractivity contribution in [2.24, 2.45) is 0 Å². The molecule has 1 aromatic carbocycles. The molecule has 4 aromatic rings. The molecule has 31 heavy (non-hydrogen) atoms. The number of aromatic amines is 1. The SMILES string of the molecule is Cc1nc(C)c(C(=O)NC(Cc2cc(=O)[nH]c(-c3ccccn3)n2)c2ccccc2)s1. The molecule has 4 rings (SSSR count). The number of nitrogens with one attached hydrogen (secondary N) is 2. The van der Waals surface area contributed by atoms with Gasteiger partial charge >= 0.3 is 0 Å². The second kappa shape index (κ2) is 9.01. The van der Waals surface area contributed by atoms with Crippen LogP contribution < -0.4 is 10.9 Å². The van der Waals surface area contributed by atoms with E-state index in [1.165, 1.54) is 17.4 Å². The molecule has 1 atom stereocenters. The molecule has 0 saturated heterocycles. The minimum absolute atomic E-state index is 0.188. The van der Waals surface area contributed by atoms with Crippen molar-refractivity contribution in [1.82, 2.24) is 25.3 Å². The van der Waals surface area contributed by atoms with Crippen molar-refractivity contribution in [3.05, 3.63) is 98.0 Å². The zero-order valence-corrected chi connectivity index (χ0v) is 17.9. The number of thiazole rings is 1. The van der Waals surface area contributed by atoms with Gasteiger partial charge in [0.15, 0.2) is 5.82 Å². The highest BCUT2D eigenvalue weighted by atomic mass is 32.1. The lowest BCUT2D eigenvalue weighted by Crippen LogP contribution is -2.30. The molecule has 156 valence electrons. The van der Waals surface area contributed by atoms with Gasteiger partial charge < -0.3 is 10.3 Å². The number of H-pyrrole nitrogens is 1. The second-order valence-electron chi connectivity index (χ2n) is 7.09. The fourth-order valence-electron chi connectivity index (χ4n) is 3.35. The summed E-state index contributed by atoms with van der Waals surface area (Å²) in [7, 11) is 0. The first-order valence-corrected chi connectivity index (χ1v) is 10.6. The number of nitrogens with zero attached hydrogens (tertiary/aromatic N) is 3. The minimum atomic E-state index is -0.360. The van der Waals surface area contributed by atoms with Crippen molar-refractivity contribution < 1.29 is 4.79 Å². The van der Waals surface area contributed by atoms with E-state index in [-0.39, 0.29) is 17.5 Å². The third-order valence-corrected chi connectivity index (χ3v) is 5.80. The summed E-state index contributed by atoms with van der Waals surface area (Å²) in [6, 6.07) is 16.2. The molecule has 2 N–H and O–H groups in total. The van der Waals surface area contributed by atoms with Gasteiger partial charge in [-0.3, -0.25) is 14.6 Å². The van der Waals surface area contributed by atoms with Crippen molar-refractivity contribution in [3.63, 3.8) is 0 Å². The number of hydrogen-bond donors (Lipinski definition) is 2. The van der Waals surface area contributed by atoms with Crippen LogP contribution >= 0.6 is 11.3 Å². The summed E-state index contributed by atoms with van der Waals surface area (Å²) in [6.07, 6.45) is 2.00. The van der Waals surface area contributed by atoms with Crippen LogP contribution in [0.2, 0.25) is 0 Å². The van der Waals surface area contributed by atoms with Gasteiger partial charge in [0, 0.05) is 18.7 Å². The molecular weight excluding hydrogens is 410 g/mol. The Hall–Kier alpha value is -3.65. The molecule has 7 nitrogen and oxygen atoms in total. The summed E-state index contributed by atoms with van der Waals surface area (Å²) in [5.41, 5.74) is 2.51. The first-order valence-electron chi connectivity index (χ1n) is 9.81. The number of carbonyl (C=O) groups excluding carboxylic acids is 1. The highest BCUT2D eigenvalue weighted by molar-refractivity contribution is 7.13. The Morgan fingerprint density at radius 2 is 1.87 bits per heavy atom. The second-order valence-corrected chi connectivity index (χ2v) is 8.29. The third-order valence-electron chi connectivity index (χ3n) is 4.73. The summed E-state index contributed by atoms with van der Waals surface area (Å²) in [5.74, 6) is 0.210. The van der Waals surface area contributed by atoms with Gasteiger partial charge in [-0.05, 0) is 31.5 Å².